The van der Waals surface area contributed by atoms with Crippen molar-refractivity contribution in [3.05, 3.63) is 58.6 Å². The van der Waals surface area contributed by atoms with Crippen LogP contribution in [0.2, 0.25) is 5.02 Å². The van der Waals surface area contributed by atoms with Crippen LogP contribution in [0.25, 0.3) is 0 Å². The second kappa shape index (κ2) is 10.0. The zero-order chi connectivity index (χ0) is 19.1. The molecule has 0 saturated carbocycles. The largest absolute Gasteiger partial charge is 0.483 e. The molecule has 4 nitrogen and oxygen atoms in total. The van der Waals surface area contributed by atoms with E-state index in [0.717, 1.165) is 43.1 Å². The highest BCUT2D eigenvalue weighted by atomic mass is 35.5. The van der Waals surface area contributed by atoms with Crippen molar-refractivity contribution in [3.8, 4) is 5.75 Å². The molecule has 0 aliphatic carbocycles. The second-order valence-corrected chi connectivity index (χ2v) is 8.29. The lowest BCUT2D eigenvalue weighted by Gasteiger charge is -2.21. The number of rotatable bonds is 7. The van der Waals surface area contributed by atoms with Gasteiger partial charge >= 0.3 is 0 Å². The molecule has 144 valence electrons. The number of hydrogen-bond acceptors (Lipinski definition) is 4. The van der Waals surface area contributed by atoms with Gasteiger partial charge in [0.05, 0.1) is 0 Å². The summed E-state index contributed by atoms with van der Waals surface area (Å²) in [6, 6.07) is 13.3. The number of carbonyl (C=O) groups excluding carboxylic acids is 1. The maximum absolute atomic E-state index is 12.2. The van der Waals surface area contributed by atoms with Crippen LogP contribution in [-0.4, -0.2) is 31.0 Å². The molecule has 27 heavy (non-hydrogen) atoms. The highest BCUT2D eigenvalue weighted by molar-refractivity contribution is 7.99. The van der Waals surface area contributed by atoms with Crippen LogP contribution < -0.4 is 10.1 Å². The van der Waals surface area contributed by atoms with Gasteiger partial charge in [-0.2, -0.15) is 11.8 Å². The molecule has 1 amide bonds. The molecule has 2 aromatic carbocycles. The summed E-state index contributed by atoms with van der Waals surface area (Å²) in [7, 11) is 0. The number of hydrogen-bond donors (Lipinski definition) is 1. The second-order valence-electron chi connectivity index (χ2n) is 6.57. The first-order valence-corrected chi connectivity index (χ1v) is 10.5. The lowest BCUT2D eigenvalue weighted by atomic mass is 10.2. The van der Waals surface area contributed by atoms with Gasteiger partial charge in [-0.05, 0) is 61.2 Å². The molecular formula is C21H24ClNO3S. The van der Waals surface area contributed by atoms with Crippen molar-refractivity contribution < 1.29 is 14.3 Å². The maximum Gasteiger partial charge on any atom is 0.262 e. The standard InChI is InChI=1S/C21H24ClNO3S/c1-15-11-17(22)5-6-20(15)26-13-21(24)23-18-4-2-3-16(12-18)14-27-19-7-9-25-10-8-19/h2-6,11-12,19H,7-10,13-14H2,1H3,(H,23,24). The molecule has 0 unspecified atom stereocenters. The molecule has 0 spiro atoms. The van der Waals surface area contributed by atoms with E-state index in [1.807, 2.05) is 43.0 Å². The molecule has 1 aliphatic heterocycles. The Bertz CT molecular complexity index is 778. The van der Waals surface area contributed by atoms with Crippen molar-refractivity contribution in [3.63, 3.8) is 0 Å². The van der Waals surface area contributed by atoms with E-state index in [4.69, 9.17) is 21.1 Å². The number of anilines is 1. The Hall–Kier alpha value is -1.69. The van der Waals surface area contributed by atoms with E-state index in [1.165, 1.54) is 5.56 Å². The first-order chi connectivity index (χ1) is 13.1. The third kappa shape index (κ3) is 6.45. The minimum absolute atomic E-state index is 0.0382. The van der Waals surface area contributed by atoms with Crippen LogP contribution in [-0.2, 0) is 15.3 Å². The number of benzene rings is 2. The van der Waals surface area contributed by atoms with Crippen LogP contribution in [0.5, 0.6) is 5.75 Å². The number of thioether (sulfide) groups is 1. The molecule has 1 saturated heterocycles. The average Bonchev–Trinajstić information content (AvgIpc) is 2.67. The summed E-state index contributed by atoms with van der Waals surface area (Å²) in [6.45, 7) is 3.59. The fourth-order valence-electron chi connectivity index (χ4n) is 2.91. The molecule has 6 heteroatoms. The minimum Gasteiger partial charge on any atom is -0.483 e. The van der Waals surface area contributed by atoms with Crippen molar-refractivity contribution in [2.45, 2.75) is 30.8 Å². The number of amides is 1. The quantitative estimate of drug-likeness (QED) is 0.697. The molecule has 2 aromatic rings. The van der Waals surface area contributed by atoms with Crippen molar-refractivity contribution in [2.24, 2.45) is 0 Å². The molecule has 1 heterocycles. The van der Waals surface area contributed by atoms with Gasteiger partial charge in [0.25, 0.3) is 5.91 Å². The molecule has 0 atom stereocenters. The van der Waals surface area contributed by atoms with Crippen LogP contribution >= 0.6 is 23.4 Å². The van der Waals surface area contributed by atoms with Gasteiger partial charge in [0.2, 0.25) is 0 Å². The Morgan fingerprint density at radius 3 is 2.85 bits per heavy atom. The van der Waals surface area contributed by atoms with E-state index in [0.29, 0.717) is 16.0 Å². The van der Waals surface area contributed by atoms with E-state index in [2.05, 4.69) is 11.4 Å². The molecule has 1 fully saturated rings. The molecule has 0 radical (unpaired) electrons. The summed E-state index contributed by atoms with van der Waals surface area (Å²) in [5, 5.41) is 4.21. The smallest absolute Gasteiger partial charge is 0.262 e. The molecule has 1 N–H and O–H groups in total. The molecule has 1 aliphatic rings. The highest BCUT2D eigenvalue weighted by Crippen LogP contribution is 2.26. The predicted molar refractivity (Wildman–Crippen MR) is 112 cm³/mol. The van der Waals surface area contributed by atoms with E-state index >= 15 is 0 Å². The molecule has 0 aromatic heterocycles. The van der Waals surface area contributed by atoms with E-state index < -0.39 is 0 Å². The van der Waals surface area contributed by atoms with E-state index in [-0.39, 0.29) is 12.5 Å². The lowest BCUT2D eigenvalue weighted by Crippen LogP contribution is -2.20. The highest BCUT2D eigenvalue weighted by Gasteiger charge is 2.14. The van der Waals surface area contributed by atoms with Gasteiger partial charge in [-0.25, -0.2) is 0 Å². The zero-order valence-corrected chi connectivity index (χ0v) is 16.9. The normalized spacial score (nSPS) is 14.7. The van der Waals surface area contributed by atoms with Gasteiger partial charge in [-0.15, -0.1) is 0 Å². The van der Waals surface area contributed by atoms with Crippen LogP contribution in [0, 0.1) is 6.92 Å². The summed E-state index contributed by atoms with van der Waals surface area (Å²) in [4.78, 5) is 12.2. The summed E-state index contributed by atoms with van der Waals surface area (Å²) in [5.74, 6) is 1.42. The van der Waals surface area contributed by atoms with Gasteiger partial charge in [0.1, 0.15) is 5.75 Å². The van der Waals surface area contributed by atoms with Crippen molar-refractivity contribution in [1.29, 1.82) is 0 Å². The topological polar surface area (TPSA) is 47.6 Å². The molecule has 3 rings (SSSR count). The van der Waals surface area contributed by atoms with Crippen LogP contribution in [0.3, 0.4) is 0 Å². The third-order valence-electron chi connectivity index (χ3n) is 4.36. The molecule has 0 bridgehead atoms. The predicted octanol–water partition coefficient (Wildman–Crippen LogP) is 5.08. The Labute approximate surface area is 169 Å². The van der Waals surface area contributed by atoms with Crippen molar-refractivity contribution in [1.82, 2.24) is 0 Å². The first-order valence-electron chi connectivity index (χ1n) is 9.07. The minimum atomic E-state index is -0.182. The van der Waals surface area contributed by atoms with Crippen LogP contribution in [0.15, 0.2) is 42.5 Å². The fourth-order valence-corrected chi connectivity index (χ4v) is 4.27. The maximum atomic E-state index is 12.2. The van der Waals surface area contributed by atoms with Gasteiger partial charge in [0, 0.05) is 34.9 Å². The van der Waals surface area contributed by atoms with Gasteiger partial charge < -0.3 is 14.8 Å². The number of aryl methyl sites for hydroxylation is 1. The summed E-state index contributed by atoms with van der Waals surface area (Å²) in [5.41, 5.74) is 2.91. The number of carbonyl (C=O) groups is 1. The van der Waals surface area contributed by atoms with Crippen molar-refractivity contribution >= 4 is 35.0 Å². The lowest BCUT2D eigenvalue weighted by molar-refractivity contribution is -0.118. The van der Waals surface area contributed by atoms with Gasteiger partial charge in [-0.3, -0.25) is 4.79 Å². The summed E-state index contributed by atoms with van der Waals surface area (Å²) in [6.07, 6.45) is 2.23. The molecular weight excluding hydrogens is 382 g/mol. The number of halogens is 1. The van der Waals surface area contributed by atoms with E-state index in [9.17, 15) is 4.79 Å². The van der Waals surface area contributed by atoms with Crippen molar-refractivity contribution in [2.75, 3.05) is 25.1 Å². The summed E-state index contributed by atoms with van der Waals surface area (Å²) >= 11 is 7.89. The Morgan fingerprint density at radius 2 is 2.07 bits per heavy atom. The fraction of sp³-hybridized carbons (Fsp3) is 0.381. The van der Waals surface area contributed by atoms with Crippen LogP contribution in [0.1, 0.15) is 24.0 Å². The van der Waals surface area contributed by atoms with Gasteiger partial charge in [0.15, 0.2) is 6.61 Å². The Morgan fingerprint density at radius 1 is 1.26 bits per heavy atom. The van der Waals surface area contributed by atoms with E-state index in [1.54, 1.807) is 12.1 Å². The summed E-state index contributed by atoms with van der Waals surface area (Å²) < 4.78 is 11.0. The number of nitrogens with one attached hydrogen (secondary N) is 1. The first kappa shape index (κ1) is 20.1. The SMILES string of the molecule is Cc1cc(Cl)ccc1OCC(=O)Nc1cccc(CSC2CCOCC2)c1. The zero-order valence-electron chi connectivity index (χ0n) is 15.4. The third-order valence-corrected chi connectivity index (χ3v) is 6.04. The number of ether oxygens (including phenoxy) is 2. The Kier molecular flexibility index (Phi) is 7.44. The monoisotopic (exact) mass is 405 g/mol. The average molecular weight is 406 g/mol. The Balaban J connectivity index is 1.48. The van der Waals surface area contributed by atoms with Gasteiger partial charge in [-0.1, -0.05) is 23.7 Å². The van der Waals surface area contributed by atoms with Crippen LogP contribution in [0.4, 0.5) is 5.69 Å².